The van der Waals surface area contributed by atoms with Gasteiger partial charge in [0.1, 0.15) is 0 Å². The van der Waals surface area contributed by atoms with E-state index in [-0.39, 0.29) is 12.1 Å². The molecule has 0 fully saturated rings. The average molecular weight is 329 g/mol. The van der Waals surface area contributed by atoms with Gasteiger partial charge in [-0.3, -0.25) is 0 Å². The van der Waals surface area contributed by atoms with Crippen molar-refractivity contribution in [2.24, 2.45) is 0 Å². The Bertz CT molecular complexity index is 650. The quantitative estimate of drug-likeness (QED) is 0.863. The lowest BCUT2D eigenvalue weighted by atomic mass is 10.0. The number of rotatable bonds is 2. The molecule has 2 aromatic carbocycles. The van der Waals surface area contributed by atoms with Gasteiger partial charge in [-0.1, -0.05) is 58.4 Å². The van der Waals surface area contributed by atoms with Crippen LogP contribution >= 0.6 is 15.9 Å². The average Bonchev–Trinajstić information content (AvgIpc) is 2.48. The van der Waals surface area contributed by atoms with E-state index in [0.29, 0.717) is 0 Å². The molecule has 1 atom stereocenters. The Labute approximate surface area is 125 Å². The van der Waals surface area contributed by atoms with Crippen molar-refractivity contribution in [3.63, 3.8) is 0 Å². The second-order valence-corrected chi connectivity index (χ2v) is 5.49. The molecule has 0 saturated carbocycles. The first kappa shape index (κ1) is 12.9. The van der Waals surface area contributed by atoms with Crippen molar-refractivity contribution in [2.75, 3.05) is 0 Å². The zero-order valence-corrected chi connectivity index (χ0v) is 12.2. The predicted molar refractivity (Wildman–Crippen MR) is 83.0 cm³/mol. The van der Waals surface area contributed by atoms with E-state index in [2.05, 4.69) is 26.6 Å². The molecule has 20 heavy (non-hydrogen) atoms. The van der Waals surface area contributed by atoms with Gasteiger partial charge < -0.3 is 10.6 Å². The maximum atomic E-state index is 11.8. The Balaban J connectivity index is 1.96. The highest BCUT2D eigenvalue weighted by Gasteiger charge is 2.20. The molecule has 4 heteroatoms. The van der Waals surface area contributed by atoms with Crippen LogP contribution in [0.4, 0.5) is 4.79 Å². The number of carbonyl (C=O) groups is 1. The van der Waals surface area contributed by atoms with Gasteiger partial charge in [0.25, 0.3) is 0 Å². The fourth-order valence-corrected chi connectivity index (χ4v) is 2.45. The van der Waals surface area contributed by atoms with Crippen LogP contribution in [0.1, 0.15) is 17.2 Å². The fraction of sp³-hybridized carbons (Fsp3) is 0.0625. The number of carbonyl (C=O) groups excluding carboxylic acids is 1. The first-order chi connectivity index (χ1) is 9.72. The van der Waals surface area contributed by atoms with Crippen molar-refractivity contribution in [2.45, 2.75) is 6.04 Å². The van der Waals surface area contributed by atoms with Gasteiger partial charge in [-0.25, -0.2) is 4.79 Å². The van der Waals surface area contributed by atoms with Crippen molar-refractivity contribution in [3.8, 4) is 0 Å². The monoisotopic (exact) mass is 328 g/mol. The van der Waals surface area contributed by atoms with Gasteiger partial charge in [0.15, 0.2) is 0 Å². The zero-order chi connectivity index (χ0) is 13.9. The Morgan fingerprint density at radius 3 is 2.35 bits per heavy atom. The summed E-state index contributed by atoms with van der Waals surface area (Å²) in [6.07, 6.45) is 2.03. The van der Waals surface area contributed by atoms with Crippen LogP contribution in [0.5, 0.6) is 0 Å². The highest BCUT2D eigenvalue weighted by atomic mass is 79.9. The first-order valence-electron chi connectivity index (χ1n) is 6.32. The summed E-state index contributed by atoms with van der Waals surface area (Å²) in [6.45, 7) is 0. The standard InChI is InChI=1S/C16H13BrN2O/c17-13-8-6-12(7-9-13)15-10-14(18-16(20)19-15)11-4-2-1-3-5-11/h1-10,14H,(H2,18,19,20). The molecule has 2 amide bonds. The third kappa shape index (κ3) is 2.75. The number of benzene rings is 2. The molecule has 0 aliphatic carbocycles. The molecule has 0 radical (unpaired) electrons. The van der Waals surface area contributed by atoms with Crippen LogP contribution in [0.15, 0.2) is 65.1 Å². The number of urea groups is 1. The molecule has 1 aliphatic heterocycles. The van der Waals surface area contributed by atoms with Crippen LogP contribution in [-0.2, 0) is 0 Å². The van der Waals surface area contributed by atoms with Crippen LogP contribution in [-0.4, -0.2) is 6.03 Å². The van der Waals surface area contributed by atoms with Crippen molar-refractivity contribution in [1.82, 2.24) is 10.6 Å². The minimum Gasteiger partial charge on any atom is -0.327 e. The second kappa shape index (κ2) is 5.51. The van der Waals surface area contributed by atoms with Gasteiger partial charge in [0.05, 0.1) is 6.04 Å². The fourth-order valence-electron chi connectivity index (χ4n) is 2.19. The molecule has 0 saturated heterocycles. The molecule has 0 bridgehead atoms. The number of nitrogens with one attached hydrogen (secondary N) is 2. The van der Waals surface area contributed by atoms with Crippen LogP contribution in [0.2, 0.25) is 0 Å². The van der Waals surface area contributed by atoms with Crippen molar-refractivity contribution in [3.05, 3.63) is 76.3 Å². The van der Waals surface area contributed by atoms with Gasteiger partial charge >= 0.3 is 6.03 Å². The summed E-state index contributed by atoms with van der Waals surface area (Å²) in [7, 11) is 0. The lowest BCUT2D eigenvalue weighted by Gasteiger charge is -2.24. The molecule has 0 spiro atoms. The lowest BCUT2D eigenvalue weighted by molar-refractivity contribution is 0.241. The Morgan fingerprint density at radius 1 is 0.950 bits per heavy atom. The third-order valence-corrected chi connectivity index (χ3v) is 3.71. The molecular formula is C16H13BrN2O. The van der Waals surface area contributed by atoms with Crippen LogP contribution in [0.3, 0.4) is 0 Å². The van der Waals surface area contributed by atoms with E-state index in [0.717, 1.165) is 21.3 Å². The van der Waals surface area contributed by atoms with E-state index in [1.807, 2.05) is 60.7 Å². The summed E-state index contributed by atoms with van der Waals surface area (Å²) in [5.41, 5.74) is 2.89. The van der Waals surface area contributed by atoms with Crippen molar-refractivity contribution >= 4 is 27.7 Å². The van der Waals surface area contributed by atoms with Crippen molar-refractivity contribution < 1.29 is 4.79 Å². The molecule has 100 valence electrons. The molecule has 2 aromatic rings. The molecule has 1 unspecified atom stereocenters. The number of amides is 2. The molecule has 2 N–H and O–H groups in total. The largest absolute Gasteiger partial charge is 0.327 e. The van der Waals surface area contributed by atoms with E-state index in [1.165, 1.54) is 0 Å². The summed E-state index contributed by atoms with van der Waals surface area (Å²) in [5.74, 6) is 0. The topological polar surface area (TPSA) is 41.1 Å². The smallest absolute Gasteiger partial charge is 0.319 e. The lowest BCUT2D eigenvalue weighted by Crippen LogP contribution is -2.40. The summed E-state index contributed by atoms with van der Waals surface area (Å²) in [5, 5.41) is 5.76. The summed E-state index contributed by atoms with van der Waals surface area (Å²) in [4.78, 5) is 11.8. The SMILES string of the molecule is O=C1NC(c2ccc(Br)cc2)=CC(c2ccccc2)N1. The number of hydrogen-bond donors (Lipinski definition) is 2. The summed E-state index contributed by atoms with van der Waals surface area (Å²) in [6, 6.07) is 17.5. The van der Waals surface area contributed by atoms with Crippen LogP contribution in [0, 0.1) is 0 Å². The molecule has 1 aliphatic rings. The summed E-state index contributed by atoms with van der Waals surface area (Å²) >= 11 is 3.41. The number of halogens is 1. The van der Waals surface area contributed by atoms with E-state index >= 15 is 0 Å². The van der Waals surface area contributed by atoms with Gasteiger partial charge in [-0.05, 0) is 29.3 Å². The minimum atomic E-state index is -0.181. The molecule has 3 rings (SSSR count). The Hall–Kier alpha value is -2.07. The molecule has 3 nitrogen and oxygen atoms in total. The van der Waals surface area contributed by atoms with E-state index < -0.39 is 0 Å². The van der Waals surface area contributed by atoms with Crippen molar-refractivity contribution in [1.29, 1.82) is 0 Å². The van der Waals surface area contributed by atoms with Gasteiger partial charge in [0.2, 0.25) is 0 Å². The zero-order valence-electron chi connectivity index (χ0n) is 10.6. The minimum absolute atomic E-state index is 0.108. The van der Waals surface area contributed by atoms with Crippen LogP contribution in [0.25, 0.3) is 5.70 Å². The normalized spacial score (nSPS) is 17.9. The maximum absolute atomic E-state index is 11.8. The predicted octanol–water partition coefficient (Wildman–Crippen LogP) is 3.84. The Kier molecular flexibility index (Phi) is 3.56. The van der Waals surface area contributed by atoms with Gasteiger partial charge in [-0.15, -0.1) is 0 Å². The second-order valence-electron chi connectivity index (χ2n) is 4.57. The van der Waals surface area contributed by atoms with E-state index in [4.69, 9.17) is 0 Å². The van der Waals surface area contributed by atoms with Gasteiger partial charge in [-0.2, -0.15) is 0 Å². The Morgan fingerprint density at radius 2 is 1.65 bits per heavy atom. The molecule has 0 aromatic heterocycles. The summed E-state index contributed by atoms with van der Waals surface area (Å²) < 4.78 is 1.02. The highest BCUT2D eigenvalue weighted by Crippen LogP contribution is 2.24. The highest BCUT2D eigenvalue weighted by molar-refractivity contribution is 9.10. The van der Waals surface area contributed by atoms with Crippen LogP contribution < -0.4 is 10.6 Å². The first-order valence-corrected chi connectivity index (χ1v) is 7.12. The molecular weight excluding hydrogens is 316 g/mol. The van der Waals surface area contributed by atoms with E-state index in [9.17, 15) is 4.79 Å². The maximum Gasteiger partial charge on any atom is 0.319 e. The third-order valence-electron chi connectivity index (χ3n) is 3.18. The van der Waals surface area contributed by atoms with Gasteiger partial charge in [0, 0.05) is 10.2 Å². The molecule has 1 heterocycles. The van der Waals surface area contributed by atoms with E-state index in [1.54, 1.807) is 0 Å². The number of hydrogen-bond acceptors (Lipinski definition) is 1.